The zero-order chi connectivity index (χ0) is 28.3. The Bertz CT molecular complexity index is 1340. The highest BCUT2D eigenvalue weighted by atomic mass is 35.5. The Labute approximate surface area is 238 Å². The van der Waals surface area contributed by atoms with Gasteiger partial charge in [-0.15, -0.1) is 11.3 Å². The topological polar surface area (TPSA) is 87.2 Å². The molecular weight excluding hydrogens is 536 g/mol. The van der Waals surface area contributed by atoms with Crippen LogP contribution < -0.4 is 14.5 Å². The van der Waals surface area contributed by atoms with E-state index in [1.54, 1.807) is 60.0 Å². The Morgan fingerprint density at radius 3 is 2.38 bits per heavy atom. The molecule has 0 unspecified atom stereocenters. The fourth-order valence-electron chi connectivity index (χ4n) is 4.71. The molecule has 1 aliphatic heterocycles. The number of benzene rings is 2. The number of rotatable bonds is 9. The van der Waals surface area contributed by atoms with Crippen LogP contribution >= 0.6 is 22.9 Å². The number of likely N-dealkylation sites (N-methyl/N-ethyl adjacent to an activating group) is 1. The molecule has 0 spiro atoms. The van der Waals surface area contributed by atoms with Crippen LogP contribution in [0.3, 0.4) is 0 Å². The van der Waals surface area contributed by atoms with Crippen LogP contribution in [0.25, 0.3) is 0 Å². The van der Waals surface area contributed by atoms with Gasteiger partial charge in [0, 0.05) is 28.9 Å². The Hall–Kier alpha value is -3.36. The molecule has 3 aromatic rings. The van der Waals surface area contributed by atoms with Crippen molar-refractivity contribution in [1.82, 2.24) is 0 Å². The summed E-state index contributed by atoms with van der Waals surface area (Å²) in [5.41, 5.74) is 1.30. The number of carbonyl (C=O) groups is 3. The molecule has 7 nitrogen and oxygen atoms in total. The van der Waals surface area contributed by atoms with E-state index in [1.807, 2.05) is 37.4 Å². The van der Waals surface area contributed by atoms with Crippen molar-refractivity contribution >= 4 is 51.4 Å². The van der Waals surface area contributed by atoms with Gasteiger partial charge in [0.15, 0.2) is 0 Å². The molecule has 1 N–H and O–H groups in total. The average molecular weight is 569 g/mol. The number of carboxylic acids is 1. The summed E-state index contributed by atoms with van der Waals surface area (Å²) in [6.07, 6.45) is 0.877. The third-order valence-electron chi connectivity index (χ3n) is 7.20. The molecule has 39 heavy (non-hydrogen) atoms. The van der Waals surface area contributed by atoms with E-state index in [0.717, 1.165) is 16.3 Å². The van der Waals surface area contributed by atoms with Crippen molar-refractivity contribution in [1.29, 1.82) is 0 Å². The van der Waals surface area contributed by atoms with E-state index in [-0.39, 0.29) is 30.4 Å². The third kappa shape index (κ3) is 6.12. The second kappa shape index (κ2) is 11.8. The van der Waals surface area contributed by atoms with Gasteiger partial charge >= 0.3 is 5.97 Å². The Morgan fingerprint density at radius 1 is 1.10 bits per heavy atom. The highest BCUT2D eigenvalue weighted by Gasteiger charge is 2.40. The molecule has 0 radical (unpaired) electrons. The average Bonchev–Trinajstić information content (AvgIpc) is 3.39. The van der Waals surface area contributed by atoms with Crippen LogP contribution in [-0.4, -0.2) is 42.1 Å². The normalized spacial score (nSPS) is 16.9. The van der Waals surface area contributed by atoms with Gasteiger partial charge in [-0.05, 0) is 106 Å². The van der Waals surface area contributed by atoms with Crippen molar-refractivity contribution in [3.8, 4) is 5.75 Å². The lowest BCUT2D eigenvalue weighted by molar-refractivity contribution is -0.147. The number of amides is 2. The molecule has 9 heteroatoms. The van der Waals surface area contributed by atoms with Crippen LogP contribution in [0.2, 0.25) is 5.02 Å². The van der Waals surface area contributed by atoms with Crippen LogP contribution in [0.5, 0.6) is 5.75 Å². The maximum atomic E-state index is 13.7. The number of halogens is 1. The molecule has 0 saturated heterocycles. The van der Waals surface area contributed by atoms with Gasteiger partial charge in [-0.1, -0.05) is 11.6 Å². The smallest absolute Gasteiger partial charge is 0.309 e. The minimum Gasteiger partial charge on any atom is -0.494 e. The van der Waals surface area contributed by atoms with E-state index < -0.39 is 11.4 Å². The fraction of sp³-hybridized carbons (Fsp3) is 0.367. The van der Waals surface area contributed by atoms with Crippen LogP contribution in [-0.2, 0) is 9.59 Å². The van der Waals surface area contributed by atoms with Gasteiger partial charge in [-0.2, -0.15) is 0 Å². The number of hydrogen-bond donors (Lipinski definition) is 1. The number of hydrogen-bond acceptors (Lipinski definition) is 5. The van der Waals surface area contributed by atoms with E-state index in [9.17, 15) is 19.5 Å². The molecule has 2 heterocycles. The van der Waals surface area contributed by atoms with Gasteiger partial charge in [0.25, 0.3) is 5.91 Å². The molecule has 206 valence electrons. The molecule has 2 aromatic carbocycles. The predicted octanol–water partition coefficient (Wildman–Crippen LogP) is 6.86. The molecule has 4 rings (SSSR count). The van der Waals surface area contributed by atoms with Gasteiger partial charge in [-0.25, -0.2) is 0 Å². The summed E-state index contributed by atoms with van der Waals surface area (Å²) in [4.78, 5) is 42.2. The Balaban J connectivity index is 1.49. The summed E-state index contributed by atoms with van der Waals surface area (Å²) < 4.78 is 5.72. The molecule has 0 aliphatic carbocycles. The number of carbonyl (C=O) groups excluding carboxylic acids is 2. The van der Waals surface area contributed by atoms with Crippen LogP contribution in [0.1, 0.15) is 62.4 Å². The maximum absolute atomic E-state index is 13.7. The lowest BCUT2D eigenvalue weighted by atomic mass is 9.87. The number of ether oxygens (including phenoxy) is 1. The van der Waals surface area contributed by atoms with Gasteiger partial charge in [-0.3, -0.25) is 19.3 Å². The SMILES string of the molecule is CCN(C(=O)[C@H]1C[C@H](C)N(C(=O)c2ccc(OCCC(C)(C)C(=O)O)cc2)c2sccc21)c1ccc(Cl)cc1. The van der Waals surface area contributed by atoms with E-state index in [0.29, 0.717) is 35.7 Å². The van der Waals surface area contributed by atoms with Crippen molar-refractivity contribution < 1.29 is 24.2 Å². The summed E-state index contributed by atoms with van der Waals surface area (Å²) >= 11 is 7.51. The molecular formula is C30H33ClN2O5S. The summed E-state index contributed by atoms with van der Waals surface area (Å²) in [6, 6.07) is 15.9. The minimum atomic E-state index is -0.874. The van der Waals surface area contributed by atoms with Crippen molar-refractivity contribution in [2.45, 2.75) is 52.5 Å². The number of aliphatic carboxylic acids is 1. The van der Waals surface area contributed by atoms with E-state index in [4.69, 9.17) is 16.3 Å². The Morgan fingerprint density at radius 2 is 1.77 bits per heavy atom. The number of anilines is 2. The summed E-state index contributed by atoms with van der Waals surface area (Å²) in [7, 11) is 0. The highest BCUT2D eigenvalue weighted by Crippen LogP contribution is 2.44. The zero-order valence-electron chi connectivity index (χ0n) is 22.5. The number of fused-ring (bicyclic) bond motifs is 1. The maximum Gasteiger partial charge on any atom is 0.309 e. The molecule has 2 amide bonds. The lowest BCUT2D eigenvalue weighted by Gasteiger charge is -2.38. The monoisotopic (exact) mass is 568 g/mol. The van der Waals surface area contributed by atoms with E-state index in [2.05, 4.69) is 0 Å². The van der Waals surface area contributed by atoms with Crippen molar-refractivity contribution in [2.24, 2.45) is 5.41 Å². The second-order valence-corrected chi connectivity index (χ2v) is 11.7. The van der Waals surface area contributed by atoms with Crippen LogP contribution in [0, 0.1) is 5.41 Å². The first kappa shape index (κ1) is 28.6. The first-order valence-corrected chi connectivity index (χ1v) is 14.2. The predicted molar refractivity (Wildman–Crippen MR) is 155 cm³/mol. The van der Waals surface area contributed by atoms with Crippen molar-refractivity contribution in [2.75, 3.05) is 23.0 Å². The summed E-state index contributed by atoms with van der Waals surface area (Å²) in [6.45, 7) is 8.03. The van der Waals surface area contributed by atoms with Gasteiger partial charge < -0.3 is 14.7 Å². The van der Waals surface area contributed by atoms with E-state index in [1.165, 1.54) is 11.3 Å². The van der Waals surface area contributed by atoms with Gasteiger partial charge in [0.2, 0.25) is 5.91 Å². The molecule has 2 atom stereocenters. The quantitative estimate of drug-likeness (QED) is 0.305. The molecule has 0 bridgehead atoms. The van der Waals surface area contributed by atoms with Gasteiger partial charge in [0.05, 0.1) is 17.9 Å². The third-order valence-corrected chi connectivity index (χ3v) is 8.38. The van der Waals surface area contributed by atoms with Crippen LogP contribution in [0.4, 0.5) is 10.7 Å². The zero-order valence-corrected chi connectivity index (χ0v) is 24.1. The van der Waals surface area contributed by atoms with E-state index >= 15 is 0 Å². The number of thiophene rings is 1. The fourth-order valence-corrected chi connectivity index (χ4v) is 5.90. The van der Waals surface area contributed by atoms with Crippen molar-refractivity contribution in [3.63, 3.8) is 0 Å². The largest absolute Gasteiger partial charge is 0.494 e. The molecule has 1 aliphatic rings. The number of carboxylic acid groups (broad SMARTS) is 1. The first-order valence-electron chi connectivity index (χ1n) is 13.0. The second-order valence-electron chi connectivity index (χ2n) is 10.4. The first-order chi connectivity index (χ1) is 18.5. The lowest BCUT2D eigenvalue weighted by Crippen LogP contribution is -2.46. The summed E-state index contributed by atoms with van der Waals surface area (Å²) in [5.74, 6) is -0.783. The molecule has 0 saturated carbocycles. The van der Waals surface area contributed by atoms with Crippen molar-refractivity contribution in [3.05, 3.63) is 76.1 Å². The summed E-state index contributed by atoms with van der Waals surface area (Å²) in [5, 5.41) is 12.6. The van der Waals surface area contributed by atoms with Crippen LogP contribution in [0.15, 0.2) is 60.0 Å². The van der Waals surface area contributed by atoms with Gasteiger partial charge in [0.1, 0.15) is 10.8 Å². The molecule has 0 fully saturated rings. The minimum absolute atomic E-state index is 0.00555. The molecule has 1 aromatic heterocycles. The Kier molecular flexibility index (Phi) is 8.67. The highest BCUT2D eigenvalue weighted by molar-refractivity contribution is 7.14. The standard InChI is InChI=1S/C30H33ClN2O5S/c1-5-32(22-10-8-21(31)9-11-22)27(35)25-18-19(2)33(28-24(25)14-17-39-28)26(34)20-6-12-23(13-7-20)38-16-15-30(3,4)29(36)37/h6-14,17,19,25H,5,15-16,18H2,1-4H3,(H,36,37)/t19-,25-/m0/s1. The number of nitrogens with zero attached hydrogens (tertiary/aromatic N) is 2.